The highest BCUT2D eigenvalue weighted by atomic mass is 16.5. The Kier molecular flexibility index (Phi) is 15.9. The molecule has 0 saturated carbocycles. The van der Waals surface area contributed by atoms with Crippen LogP contribution in [0, 0.1) is 0 Å². The van der Waals surface area contributed by atoms with Gasteiger partial charge in [0.05, 0.1) is 24.4 Å². The van der Waals surface area contributed by atoms with E-state index in [1.807, 2.05) is 6.92 Å². The van der Waals surface area contributed by atoms with Crippen molar-refractivity contribution in [2.75, 3.05) is 26.2 Å². The molecule has 0 amide bonds. The molecule has 0 heterocycles. The zero-order valence-electron chi connectivity index (χ0n) is 17.8. The molecule has 0 radical (unpaired) electrons. The molecule has 0 aliphatic rings. The SMILES string of the molecule is CCCCCCOC(C)CN(CC(C)O)CC(C)OC(CC)CCC. The zero-order valence-corrected chi connectivity index (χ0v) is 17.8. The lowest BCUT2D eigenvalue weighted by molar-refractivity contribution is -0.0398. The molecule has 4 nitrogen and oxygen atoms in total. The van der Waals surface area contributed by atoms with Gasteiger partial charge in [0, 0.05) is 26.2 Å². The molecule has 0 spiro atoms. The van der Waals surface area contributed by atoms with Gasteiger partial charge in [-0.3, -0.25) is 4.90 Å². The topological polar surface area (TPSA) is 41.9 Å². The van der Waals surface area contributed by atoms with Crippen LogP contribution in [0.25, 0.3) is 0 Å². The molecule has 0 aromatic heterocycles. The molecule has 0 aliphatic carbocycles. The number of hydrogen-bond acceptors (Lipinski definition) is 4. The van der Waals surface area contributed by atoms with E-state index in [0.29, 0.717) is 12.6 Å². The van der Waals surface area contributed by atoms with Crippen molar-refractivity contribution in [3.8, 4) is 0 Å². The van der Waals surface area contributed by atoms with Gasteiger partial charge < -0.3 is 14.6 Å². The molecule has 0 aromatic carbocycles. The van der Waals surface area contributed by atoms with Crippen molar-refractivity contribution in [3.05, 3.63) is 0 Å². The number of aliphatic hydroxyl groups is 1. The third kappa shape index (κ3) is 14.7. The van der Waals surface area contributed by atoms with Gasteiger partial charge >= 0.3 is 0 Å². The fraction of sp³-hybridized carbons (Fsp3) is 1.00. The van der Waals surface area contributed by atoms with Crippen molar-refractivity contribution in [1.29, 1.82) is 0 Å². The first-order valence-corrected chi connectivity index (χ1v) is 10.6. The van der Waals surface area contributed by atoms with Crippen LogP contribution in [0.5, 0.6) is 0 Å². The van der Waals surface area contributed by atoms with E-state index < -0.39 is 0 Å². The largest absolute Gasteiger partial charge is 0.392 e. The highest BCUT2D eigenvalue weighted by molar-refractivity contribution is 4.70. The van der Waals surface area contributed by atoms with E-state index in [1.165, 1.54) is 19.3 Å². The van der Waals surface area contributed by atoms with Crippen molar-refractivity contribution in [1.82, 2.24) is 4.90 Å². The van der Waals surface area contributed by atoms with Crippen LogP contribution >= 0.6 is 0 Å². The zero-order chi connectivity index (χ0) is 19.1. The number of unbranched alkanes of at least 4 members (excludes halogenated alkanes) is 3. The molecule has 0 aromatic rings. The number of rotatable bonds is 17. The molecule has 25 heavy (non-hydrogen) atoms. The Morgan fingerprint density at radius 2 is 1.52 bits per heavy atom. The van der Waals surface area contributed by atoms with Crippen molar-refractivity contribution < 1.29 is 14.6 Å². The third-order valence-electron chi connectivity index (χ3n) is 4.44. The molecule has 4 heteroatoms. The molecule has 0 saturated heterocycles. The van der Waals surface area contributed by atoms with E-state index in [9.17, 15) is 5.11 Å². The lowest BCUT2D eigenvalue weighted by Crippen LogP contribution is -2.42. The second kappa shape index (κ2) is 16.0. The quantitative estimate of drug-likeness (QED) is 0.384. The Morgan fingerprint density at radius 3 is 2.08 bits per heavy atom. The van der Waals surface area contributed by atoms with Gasteiger partial charge in [-0.15, -0.1) is 0 Å². The van der Waals surface area contributed by atoms with Crippen LogP contribution in [0.4, 0.5) is 0 Å². The van der Waals surface area contributed by atoms with Crippen LogP contribution < -0.4 is 0 Å². The maximum Gasteiger partial charge on any atom is 0.0677 e. The van der Waals surface area contributed by atoms with Crippen LogP contribution in [0.2, 0.25) is 0 Å². The molecule has 0 fully saturated rings. The predicted molar refractivity (Wildman–Crippen MR) is 107 cm³/mol. The molecular formula is C21H45NO3. The fourth-order valence-corrected chi connectivity index (χ4v) is 3.25. The van der Waals surface area contributed by atoms with E-state index in [2.05, 4.69) is 39.5 Å². The Morgan fingerprint density at radius 1 is 0.840 bits per heavy atom. The molecule has 0 aliphatic heterocycles. The van der Waals surface area contributed by atoms with E-state index in [4.69, 9.17) is 9.47 Å². The summed E-state index contributed by atoms with van der Waals surface area (Å²) >= 11 is 0. The van der Waals surface area contributed by atoms with Crippen molar-refractivity contribution in [2.45, 2.75) is 111 Å². The Balaban J connectivity index is 4.28. The molecule has 0 bridgehead atoms. The Labute approximate surface area is 157 Å². The average molecular weight is 360 g/mol. The maximum atomic E-state index is 9.81. The lowest BCUT2D eigenvalue weighted by atomic mass is 10.1. The highest BCUT2D eigenvalue weighted by Crippen LogP contribution is 2.11. The summed E-state index contributed by atoms with van der Waals surface area (Å²) in [6.07, 6.45) is 8.65. The number of aliphatic hydroxyl groups excluding tert-OH is 1. The van der Waals surface area contributed by atoms with Crippen molar-refractivity contribution >= 4 is 0 Å². The van der Waals surface area contributed by atoms with Crippen LogP contribution in [0.3, 0.4) is 0 Å². The van der Waals surface area contributed by atoms with Crippen LogP contribution in [0.15, 0.2) is 0 Å². The molecule has 4 unspecified atom stereocenters. The summed E-state index contributed by atoms with van der Waals surface area (Å²) in [5, 5.41) is 9.81. The third-order valence-corrected chi connectivity index (χ3v) is 4.44. The van der Waals surface area contributed by atoms with Crippen molar-refractivity contribution in [3.63, 3.8) is 0 Å². The van der Waals surface area contributed by atoms with Crippen LogP contribution in [-0.4, -0.2) is 60.7 Å². The second-order valence-corrected chi connectivity index (χ2v) is 7.58. The minimum absolute atomic E-state index is 0.173. The molecule has 152 valence electrons. The molecular weight excluding hydrogens is 314 g/mol. The van der Waals surface area contributed by atoms with Crippen LogP contribution in [0.1, 0.15) is 86.5 Å². The minimum Gasteiger partial charge on any atom is -0.392 e. The summed E-state index contributed by atoms with van der Waals surface area (Å²) in [4.78, 5) is 2.28. The summed E-state index contributed by atoms with van der Waals surface area (Å²) in [5.74, 6) is 0. The van der Waals surface area contributed by atoms with Crippen LogP contribution in [-0.2, 0) is 9.47 Å². The van der Waals surface area contributed by atoms with E-state index in [1.54, 1.807) is 0 Å². The summed E-state index contributed by atoms with van der Waals surface area (Å²) in [6, 6.07) is 0. The van der Waals surface area contributed by atoms with E-state index in [-0.39, 0.29) is 18.3 Å². The van der Waals surface area contributed by atoms with Gasteiger partial charge in [0.2, 0.25) is 0 Å². The maximum absolute atomic E-state index is 9.81. The predicted octanol–water partition coefficient (Wildman–Crippen LogP) is 4.64. The summed E-state index contributed by atoms with van der Waals surface area (Å²) in [7, 11) is 0. The number of hydrogen-bond donors (Lipinski definition) is 1. The average Bonchev–Trinajstić information content (AvgIpc) is 2.53. The van der Waals surface area contributed by atoms with E-state index in [0.717, 1.165) is 45.4 Å². The second-order valence-electron chi connectivity index (χ2n) is 7.58. The number of ether oxygens (including phenoxy) is 2. The summed E-state index contributed by atoms with van der Waals surface area (Å²) < 4.78 is 12.2. The van der Waals surface area contributed by atoms with Crippen molar-refractivity contribution in [2.24, 2.45) is 0 Å². The Hall–Kier alpha value is -0.160. The fourth-order valence-electron chi connectivity index (χ4n) is 3.25. The van der Waals surface area contributed by atoms with Gasteiger partial charge in [-0.25, -0.2) is 0 Å². The summed E-state index contributed by atoms with van der Waals surface area (Å²) in [6.45, 7) is 15.9. The lowest BCUT2D eigenvalue weighted by Gasteiger charge is -2.31. The minimum atomic E-state index is -0.332. The van der Waals surface area contributed by atoms with Gasteiger partial charge in [-0.2, -0.15) is 0 Å². The molecule has 0 rings (SSSR count). The monoisotopic (exact) mass is 359 g/mol. The first-order chi connectivity index (χ1) is 11.9. The first-order valence-electron chi connectivity index (χ1n) is 10.6. The van der Waals surface area contributed by atoms with Gasteiger partial charge in [0.1, 0.15) is 0 Å². The molecule has 4 atom stereocenters. The normalized spacial score (nSPS) is 16.8. The highest BCUT2D eigenvalue weighted by Gasteiger charge is 2.18. The van der Waals surface area contributed by atoms with Gasteiger partial charge in [-0.1, -0.05) is 46.5 Å². The van der Waals surface area contributed by atoms with E-state index >= 15 is 0 Å². The number of nitrogens with zero attached hydrogens (tertiary/aromatic N) is 1. The standard InChI is InChI=1S/C21H45NO3/c1-7-10-11-12-14-24-19(5)16-22(15-18(4)23)17-20(6)25-21(9-3)13-8-2/h18-21,23H,7-17H2,1-6H3. The smallest absolute Gasteiger partial charge is 0.0677 e. The van der Waals surface area contributed by atoms with Gasteiger partial charge in [0.15, 0.2) is 0 Å². The van der Waals surface area contributed by atoms with Gasteiger partial charge in [-0.05, 0) is 40.0 Å². The van der Waals surface area contributed by atoms with Gasteiger partial charge in [0.25, 0.3) is 0 Å². The Bertz CT molecular complexity index is 286. The summed E-state index contributed by atoms with van der Waals surface area (Å²) in [5.41, 5.74) is 0. The molecule has 1 N–H and O–H groups in total. The first kappa shape index (κ1) is 24.8.